The second-order valence-electron chi connectivity index (χ2n) is 6.01. The molecule has 1 aromatic carbocycles. The number of aliphatic hydroxyl groups excluding tert-OH is 1. The molecule has 1 N–H and O–H groups in total. The molecule has 0 radical (unpaired) electrons. The van der Waals surface area contributed by atoms with Crippen molar-refractivity contribution in [3.05, 3.63) is 29.8 Å². The van der Waals surface area contributed by atoms with Gasteiger partial charge in [0.05, 0.1) is 12.1 Å². The van der Waals surface area contributed by atoms with Gasteiger partial charge in [0.15, 0.2) is 0 Å². The quantitative estimate of drug-likeness (QED) is 0.822. The molecule has 1 saturated carbocycles. The lowest BCUT2D eigenvalue weighted by molar-refractivity contribution is 0.102. The van der Waals surface area contributed by atoms with Crippen molar-refractivity contribution in [3.63, 3.8) is 0 Å². The first-order valence-electron chi connectivity index (χ1n) is 7.28. The third-order valence-corrected chi connectivity index (χ3v) is 4.47. The van der Waals surface area contributed by atoms with Gasteiger partial charge in [0.2, 0.25) is 0 Å². The van der Waals surface area contributed by atoms with Crippen molar-refractivity contribution in [1.82, 2.24) is 0 Å². The van der Waals surface area contributed by atoms with E-state index < -0.39 is 0 Å². The Bertz CT molecular complexity index is 417. The summed E-state index contributed by atoms with van der Waals surface area (Å²) in [6.45, 7) is 3.41. The number of hydrogen-bond acceptors (Lipinski definition) is 2. The zero-order valence-electron chi connectivity index (χ0n) is 11.2. The summed E-state index contributed by atoms with van der Waals surface area (Å²) in [4.78, 5) is 2.48. The van der Waals surface area contributed by atoms with Crippen LogP contribution >= 0.6 is 0 Å². The van der Waals surface area contributed by atoms with Gasteiger partial charge >= 0.3 is 0 Å². The summed E-state index contributed by atoms with van der Waals surface area (Å²) in [7, 11) is 0. The summed E-state index contributed by atoms with van der Waals surface area (Å²) >= 11 is 0. The Kier molecular flexibility index (Phi) is 3.29. The molecule has 1 aliphatic carbocycles. The standard InChI is InChI=1S/C16H23NO/c1-12-10-13-6-2-3-7-14(13)17(11-12)15-8-4-5-9-16(15)18/h2-3,6-7,12,15-16,18H,4-5,8-11H2,1H3/t12?,15-,16-/m1/s1. The van der Waals surface area contributed by atoms with Gasteiger partial charge in [0, 0.05) is 12.2 Å². The van der Waals surface area contributed by atoms with E-state index in [0.717, 1.165) is 19.4 Å². The van der Waals surface area contributed by atoms with Gasteiger partial charge in [0.25, 0.3) is 0 Å². The Hall–Kier alpha value is -1.02. The molecule has 1 heterocycles. The minimum absolute atomic E-state index is 0.142. The molecule has 2 aliphatic rings. The van der Waals surface area contributed by atoms with Gasteiger partial charge < -0.3 is 10.0 Å². The molecule has 18 heavy (non-hydrogen) atoms. The number of hydrogen-bond donors (Lipinski definition) is 1. The van der Waals surface area contributed by atoms with Gasteiger partial charge in [-0.1, -0.05) is 38.0 Å². The SMILES string of the molecule is CC1Cc2ccccc2N([C@@H]2CCCC[C@H]2O)C1. The van der Waals surface area contributed by atoms with E-state index in [0.29, 0.717) is 12.0 Å². The molecule has 1 aliphatic heterocycles. The van der Waals surface area contributed by atoms with E-state index in [2.05, 4.69) is 36.1 Å². The molecule has 3 rings (SSSR count). The maximum absolute atomic E-state index is 10.3. The highest BCUT2D eigenvalue weighted by Gasteiger charge is 2.32. The summed E-state index contributed by atoms with van der Waals surface area (Å²) in [5.74, 6) is 0.689. The maximum Gasteiger partial charge on any atom is 0.0743 e. The molecule has 0 bridgehead atoms. The summed E-state index contributed by atoms with van der Waals surface area (Å²) in [6, 6.07) is 9.06. The van der Waals surface area contributed by atoms with Crippen LogP contribution in [-0.2, 0) is 6.42 Å². The topological polar surface area (TPSA) is 23.5 Å². The minimum atomic E-state index is -0.142. The number of aliphatic hydroxyl groups is 1. The van der Waals surface area contributed by atoms with Crippen LogP contribution in [0.1, 0.15) is 38.2 Å². The number of para-hydroxylation sites is 1. The van der Waals surface area contributed by atoms with Crippen LogP contribution < -0.4 is 4.90 Å². The molecule has 0 aromatic heterocycles. The Morgan fingerprint density at radius 3 is 2.78 bits per heavy atom. The smallest absolute Gasteiger partial charge is 0.0743 e. The lowest BCUT2D eigenvalue weighted by atomic mass is 9.86. The van der Waals surface area contributed by atoms with E-state index in [9.17, 15) is 5.11 Å². The van der Waals surface area contributed by atoms with Crippen LogP contribution in [0.3, 0.4) is 0 Å². The number of nitrogens with zero attached hydrogens (tertiary/aromatic N) is 1. The molecule has 1 aromatic rings. The second kappa shape index (κ2) is 4.93. The number of rotatable bonds is 1. The molecular formula is C16H23NO. The summed E-state index contributed by atoms with van der Waals surface area (Å²) in [6.07, 6.45) is 5.59. The number of fused-ring (bicyclic) bond motifs is 1. The Balaban J connectivity index is 1.91. The number of benzene rings is 1. The van der Waals surface area contributed by atoms with E-state index >= 15 is 0 Å². The van der Waals surface area contributed by atoms with Crippen LogP contribution in [-0.4, -0.2) is 23.8 Å². The second-order valence-corrected chi connectivity index (χ2v) is 6.01. The zero-order chi connectivity index (χ0) is 12.5. The van der Waals surface area contributed by atoms with E-state index in [1.807, 2.05) is 0 Å². The van der Waals surface area contributed by atoms with Crippen molar-refractivity contribution >= 4 is 5.69 Å². The fraction of sp³-hybridized carbons (Fsp3) is 0.625. The van der Waals surface area contributed by atoms with Crippen molar-refractivity contribution in [3.8, 4) is 0 Å². The van der Waals surface area contributed by atoms with Gasteiger partial charge in [-0.3, -0.25) is 0 Å². The van der Waals surface area contributed by atoms with E-state index in [4.69, 9.17) is 0 Å². The Labute approximate surface area is 110 Å². The summed E-state index contributed by atoms with van der Waals surface area (Å²) in [5, 5.41) is 10.3. The van der Waals surface area contributed by atoms with Gasteiger partial charge in [-0.05, 0) is 36.8 Å². The molecule has 1 fully saturated rings. The van der Waals surface area contributed by atoms with E-state index in [-0.39, 0.29) is 6.10 Å². The largest absolute Gasteiger partial charge is 0.391 e. The average molecular weight is 245 g/mol. The van der Waals surface area contributed by atoms with Gasteiger partial charge in [-0.2, -0.15) is 0 Å². The molecule has 2 heteroatoms. The molecule has 3 atom stereocenters. The summed E-state index contributed by atoms with van der Waals surface area (Å²) in [5.41, 5.74) is 2.82. The van der Waals surface area contributed by atoms with Crippen LogP contribution in [0.15, 0.2) is 24.3 Å². The predicted octanol–water partition coefficient (Wildman–Crippen LogP) is 2.99. The highest BCUT2D eigenvalue weighted by atomic mass is 16.3. The first-order chi connectivity index (χ1) is 8.75. The monoisotopic (exact) mass is 245 g/mol. The van der Waals surface area contributed by atoms with Crippen LogP contribution in [0.5, 0.6) is 0 Å². The Morgan fingerprint density at radius 1 is 1.17 bits per heavy atom. The minimum Gasteiger partial charge on any atom is -0.391 e. The lowest BCUT2D eigenvalue weighted by Gasteiger charge is -2.44. The highest BCUT2D eigenvalue weighted by Crippen LogP contribution is 2.35. The molecule has 0 saturated heterocycles. The van der Waals surface area contributed by atoms with Gasteiger partial charge in [0.1, 0.15) is 0 Å². The third-order valence-electron chi connectivity index (χ3n) is 4.47. The van der Waals surface area contributed by atoms with Crippen molar-refractivity contribution < 1.29 is 5.11 Å². The fourth-order valence-electron chi connectivity index (χ4n) is 3.61. The highest BCUT2D eigenvalue weighted by molar-refractivity contribution is 5.56. The molecule has 0 spiro atoms. The average Bonchev–Trinajstić information content (AvgIpc) is 2.38. The molecule has 2 nitrogen and oxygen atoms in total. The first kappa shape index (κ1) is 12.0. The normalized spacial score (nSPS) is 32.1. The van der Waals surface area contributed by atoms with E-state index in [1.165, 1.54) is 30.5 Å². The van der Waals surface area contributed by atoms with Crippen molar-refractivity contribution in [2.45, 2.75) is 51.2 Å². The molecular weight excluding hydrogens is 222 g/mol. The summed E-state index contributed by atoms with van der Waals surface area (Å²) < 4.78 is 0. The fourth-order valence-corrected chi connectivity index (χ4v) is 3.61. The van der Waals surface area contributed by atoms with Gasteiger partial charge in [-0.25, -0.2) is 0 Å². The number of anilines is 1. The zero-order valence-corrected chi connectivity index (χ0v) is 11.2. The molecule has 0 amide bonds. The van der Waals surface area contributed by atoms with Crippen LogP contribution in [0.2, 0.25) is 0 Å². The van der Waals surface area contributed by atoms with Crippen molar-refractivity contribution in [2.24, 2.45) is 5.92 Å². The van der Waals surface area contributed by atoms with Crippen LogP contribution in [0.25, 0.3) is 0 Å². The van der Waals surface area contributed by atoms with Crippen molar-refractivity contribution in [1.29, 1.82) is 0 Å². The third kappa shape index (κ3) is 2.14. The molecule has 1 unspecified atom stereocenters. The van der Waals surface area contributed by atoms with Crippen LogP contribution in [0.4, 0.5) is 5.69 Å². The Morgan fingerprint density at radius 2 is 1.94 bits per heavy atom. The van der Waals surface area contributed by atoms with E-state index in [1.54, 1.807) is 0 Å². The predicted molar refractivity (Wildman–Crippen MR) is 74.9 cm³/mol. The molecule has 98 valence electrons. The van der Waals surface area contributed by atoms with Crippen LogP contribution in [0, 0.1) is 5.92 Å². The van der Waals surface area contributed by atoms with Gasteiger partial charge in [-0.15, -0.1) is 0 Å². The first-order valence-corrected chi connectivity index (χ1v) is 7.28. The van der Waals surface area contributed by atoms with Crippen molar-refractivity contribution in [2.75, 3.05) is 11.4 Å². The maximum atomic E-state index is 10.3. The lowest BCUT2D eigenvalue weighted by Crippen LogP contribution is -2.49.